The number of nitrogens with zero attached hydrogens (tertiary/aromatic N) is 1. The molecule has 0 bridgehead atoms. The zero-order valence-corrected chi connectivity index (χ0v) is 13.7. The summed E-state index contributed by atoms with van der Waals surface area (Å²) < 4.78 is 5.74. The molecule has 0 heterocycles. The largest absolute Gasteiger partial charge is 0.446 e. The van der Waals surface area contributed by atoms with Crippen molar-refractivity contribution < 1.29 is 9.53 Å². The van der Waals surface area contributed by atoms with E-state index in [9.17, 15) is 4.79 Å². The van der Waals surface area contributed by atoms with Crippen LogP contribution in [0.1, 0.15) is 67.2 Å². The van der Waals surface area contributed by atoms with E-state index < -0.39 is 0 Å². The molecule has 2 atom stereocenters. The Balaban J connectivity index is 4.43. The molecule has 0 aliphatic heterocycles. The second-order valence-corrected chi connectivity index (χ2v) is 5.74. The Hall–Kier alpha value is -0.730. The van der Waals surface area contributed by atoms with Crippen LogP contribution in [0.25, 0.3) is 0 Å². The Morgan fingerprint density at radius 3 is 2.05 bits per heavy atom. The first-order valence-electron chi connectivity index (χ1n) is 7.93. The summed E-state index contributed by atoms with van der Waals surface area (Å²) in [5.41, 5.74) is 0. The molecule has 0 N–H and O–H groups in total. The molecule has 0 aromatic heterocycles. The standard InChI is InChI=1S/C16H33NO2/c1-7-10-11-12-14(6)15(13(4)5)19-16(18)17(8-2)9-3/h13-15H,7-12H2,1-6H3. The third-order valence-corrected chi connectivity index (χ3v) is 3.74. The number of hydrogen-bond acceptors (Lipinski definition) is 2. The fraction of sp³-hybridized carbons (Fsp3) is 0.938. The van der Waals surface area contributed by atoms with Crippen LogP contribution in [0.5, 0.6) is 0 Å². The van der Waals surface area contributed by atoms with E-state index >= 15 is 0 Å². The van der Waals surface area contributed by atoms with Gasteiger partial charge in [0.25, 0.3) is 0 Å². The van der Waals surface area contributed by atoms with Gasteiger partial charge in [0.05, 0.1) is 0 Å². The van der Waals surface area contributed by atoms with Crippen LogP contribution in [0, 0.1) is 11.8 Å². The summed E-state index contributed by atoms with van der Waals surface area (Å²) in [7, 11) is 0. The van der Waals surface area contributed by atoms with E-state index in [2.05, 4.69) is 27.7 Å². The van der Waals surface area contributed by atoms with Gasteiger partial charge in [-0.15, -0.1) is 0 Å². The molecule has 19 heavy (non-hydrogen) atoms. The van der Waals surface area contributed by atoms with E-state index in [4.69, 9.17) is 4.74 Å². The molecular weight excluding hydrogens is 238 g/mol. The maximum atomic E-state index is 12.1. The molecule has 3 heteroatoms. The number of rotatable bonds is 9. The minimum Gasteiger partial charge on any atom is -0.446 e. The van der Waals surface area contributed by atoms with E-state index in [1.54, 1.807) is 4.90 Å². The van der Waals surface area contributed by atoms with Gasteiger partial charge in [-0.3, -0.25) is 0 Å². The lowest BCUT2D eigenvalue weighted by Crippen LogP contribution is -2.38. The topological polar surface area (TPSA) is 29.5 Å². The average molecular weight is 271 g/mol. The lowest BCUT2D eigenvalue weighted by molar-refractivity contribution is 0.0134. The Morgan fingerprint density at radius 1 is 1.05 bits per heavy atom. The first-order chi connectivity index (χ1) is 8.97. The summed E-state index contributed by atoms with van der Waals surface area (Å²) in [4.78, 5) is 13.8. The Labute approximate surface area is 119 Å². The normalized spacial score (nSPS) is 14.3. The first kappa shape index (κ1) is 18.3. The number of carbonyl (C=O) groups is 1. The van der Waals surface area contributed by atoms with E-state index in [0.717, 1.165) is 6.42 Å². The maximum Gasteiger partial charge on any atom is 0.410 e. The van der Waals surface area contributed by atoms with Gasteiger partial charge in [-0.1, -0.05) is 47.0 Å². The maximum absolute atomic E-state index is 12.1. The summed E-state index contributed by atoms with van der Waals surface area (Å²) in [5.74, 6) is 0.808. The summed E-state index contributed by atoms with van der Waals surface area (Å²) >= 11 is 0. The lowest BCUT2D eigenvalue weighted by Gasteiger charge is -2.30. The Kier molecular flexibility index (Phi) is 9.72. The van der Waals surface area contributed by atoms with Crippen LogP contribution in [-0.2, 0) is 4.74 Å². The highest BCUT2D eigenvalue weighted by molar-refractivity contribution is 5.67. The lowest BCUT2D eigenvalue weighted by atomic mass is 9.90. The van der Waals surface area contributed by atoms with Crippen molar-refractivity contribution in [2.75, 3.05) is 13.1 Å². The molecule has 0 rings (SSSR count). The number of unbranched alkanes of at least 4 members (excludes halogenated alkanes) is 2. The fourth-order valence-corrected chi connectivity index (χ4v) is 2.46. The van der Waals surface area contributed by atoms with Gasteiger partial charge >= 0.3 is 6.09 Å². The predicted molar refractivity (Wildman–Crippen MR) is 81.3 cm³/mol. The molecule has 0 aromatic carbocycles. The third kappa shape index (κ3) is 6.84. The molecule has 0 fully saturated rings. The van der Waals surface area contributed by atoms with Gasteiger partial charge in [0.1, 0.15) is 6.10 Å². The molecule has 0 aromatic rings. The van der Waals surface area contributed by atoms with Gasteiger partial charge < -0.3 is 9.64 Å². The van der Waals surface area contributed by atoms with Gasteiger partial charge in [-0.05, 0) is 32.1 Å². The van der Waals surface area contributed by atoms with Crippen LogP contribution in [0.2, 0.25) is 0 Å². The van der Waals surface area contributed by atoms with Crippen molar-refractivity contribution in [1.29, 1.82) is 0 Å². The average Bonchev–Trinajstić information content (AvgIpc) is 2.37. The molecule has 1 amide bonds. The first-order valence-corrected chi connectivity index (χ1v) is 7.93. The molecular formula is C16H33NO2. The van der Waals surface area contributed by atoms with E-state index in [1.807, 2.05) is 13.8 Å². The molecule has 114 valence electrons. The minimum absolute atomic E-state index is 0.0324. The van der Waals surface area contributed by atoms with Crippen molar-refractivity contribution in [3.63, 3.8) is 0 Å². The zero-order valence-electron chi connectivity index (χ0n) is 13.7. The monoisotopic (exact) mass is 271 g/mol. The van der Waals surface area contributed by atoms with E-state index in [1.165, 1.54) is 19.3 Å². The molecule has 0 aliphatic carbocycles. The second-order valence-electron chi connectivity index (χ2n) is 5.74. The van der Waals surface area contributed by atoms with Gasteiger partial charge in [-0.2, -0.15) is 0 Å². The quantitative estimate of drug-likeness (QED) is 0.569. The Bertz CT molecular complexity index is 237. The van der Waals surface area contributed by atoms with Crippen molar-refractivity contribution >= 4 is 6.09 Å². The fourth-order valence-electron chi connectivity index (χ4n) is 2.46. The van der Waals surface area contributed by atoms with Crippen molar-refractivity contribution in [3.8, 4) is 0 Å². The molecule has 0 radical (unpaired) electrons. The van der Waals surface area contributed by atoms with E-state index in [0.29, 0.717) is 24.9 Å². The second kappa shape index (κ2) is 10.1. The number of carbonyl (C=O) groups excluding carboxylic acids is 1. The summed E-state index contributed by atoms with van der Waals surface area (Å²) in [6.45, 7) is 14.1. The van der Waals surface area contributed by atoms with Crippen LogP contribution >= 0.6 is 0 Å². The highest BCUT2D eigenvalue weighted by Gasteiger charge is 2.26. The van der Waals surface area contributed by atoms with Crippen LogP contribution in [0.4, 0.5) is 4.79 Å². The molecule has 0 saturated carbocycles. The summed E-state index contributed by atoms with van der Waals surface area (Å²) in [5, 5.41) is 0. The summed E-state index contributed by atoms with van der Waals surface area (Å²) in [6, 6.07) is 0. The van der Waals surface area contributed by atoms with Gasteiger partial charge in [0.2, 0.25) is 0 Å². The molecule has 3 nitrogen and oxygen atoms in total. The Morgan fingerprint density at radius 2 is 1.63 bits per heavy atom. The highest BCUT2D eigenvalue weighted by atomic mass is 16.6. The van der Waals surface area contributed by atoms with Crippen molar-refractivity contribution in [2.24, 2.45) is 11.8 Å². The molecule has 0 spiro atoms. The van der Waals surface area contributed by atoms with E-state index in [-0.39, 0.29) is 12.2 Å². The van der Waals surface area contributed by atoms with Crippen molar-refractivity contribution in [2.45, 2.75) is 73.3 Å². The van der Waals surface area contributed by atoms with Crippen molar-refractivity contribution in [3.05, 3.63) is 0 Å². The SMILES string of the molecule is CCCCCC(C)C(OC(=O)N(CC)CC)C(C)C. The third-order valence-electron chi connectivity index (χ3n) is 3.74. The number of amides is 1. The van der Waals surface area contributed by atoms with Crippen molar-refractivity contribution in [1.82, 2.24) is 4.90 Å². The highest BCUT2D eigenvalue weighted by Crippen LogP contribution is 2.23. The number of hydrogen-bond donors (Lipinski definition) is 0. The van der Waals surface area contributed by atoms with Crippen LogP contribution in [-0.4, -0.2) is 30.2 Å². The minimum atomic E-state index is -0.161. The smallest absolute Gasteiger partial charge is 0.410 e. The van der Waals surface area contributed by atoms with Crippen LogP contribution in [0.3, 0.4) is 0 Å². The van der Waals surface area contributed by atoms with Gasteiger partial charge in [0.15, 0.2) is 0 Å². The molecule has 2 unspecified atom stereocenters. The van der Waals surface area contributed by atoms with Gasteiger partial charge in [-0.25, -0.2) is 4.79 Å². The molecule has 0 aliphatic rings. The summed E-state index contributed by atoms with van der Waals surface area (Å²) in [6.07, 6.45) is 4.74. The van der Waals surface area contributed by atoms with Gasteiger partial charge in [0, 0.05) is 13.1 Å². The number of ether oxygens (including phenoxy) is 1. The zero-order chi connectivity index (χ0) is 14.8. The molecule has 0 saturated heterocycles. The van der Waals surface area contributed by atoms with Crippen LogP contribution < -0.4 is 0 Å². The van der Waals surface area contributed by atoms with Crippen LogP contribution in [0.15, 0.2) is 0 Å². The predicted octanol–water partition coefficient (Wildman–Crippen LogP) is 4.71.